The van der Waals surface area contributed by atoms with Crippen molar-refractivity contribution in [2.45, 2.75) is 39.0 Å². The lowest BCUT2D eigenvalue weighted by Gasteiger charge is -2.25. The highest BCUT2D eigenvalue weighted by Crippen LogP contribution is 2.34. The predicted molar refractivity (Wildman–Crippen MR) is 140 cm³/mol. The van der Waals surface area contributed by atoms with E-state index in [1.54, 1.807) is 6.92 Å². The van der Waals surface area contributed by atoms with Gasteiger partial charge in [-0.05, 0) is 39.0 Å². The van der Waals surface area contributed by atoms with Crippen molar-refractivity contribution in [3.05, 3.63) is 68.4 Å². The number of nitrogens with zero attached hydrogens (tertiary/aromatic N) is 5. The van der Waals surface area contributed by atoms with Crippen LogP contribution in [0.25, 0.3) is 15.2 Å². The number of methoxy groups -OCH3 is 2. The summed E-state index contributed by atoms with van der Waals surface area (Å²) in [6, 6.07) is 3.93. The maximum Gasteiger partial charge on any atom is 0.333 e. The van der Waals surface area contributed by atoms with Crippen LogP contribution in [0.3, 0.4) is 0 Å². The molecular weight excluding hydrogens is 533 g/mol. The molecule has 208 valence electrons. The third kappa shape index (κ3) is 5.10. The molecule has 4 rings (SSSR count). The molecule has 0 radical (unpaired) electrons. The third-order valence-electron chi connectivity index (χ3n) is 6.36. The average Bonchev–Trinajstić information content (AvgIpc) is 3.53. The number of thiophene rings is 1. The van der Waals surface area contributed by atoms with Gasteiger partial charge >= 0.3 is 11.7 Å². The second-order valence-electron chi connectivity index (χ2n) is 9.17. The van der Waals surface area contributed by atoms with Crippen LogP contribution in [-0.2, 0) is 26.4 Å². The van der Waals surface area contributed by atoms with Gasteiger partial charge in [-0.25, -0.2) is 18.5 Å². The molecule has 4 aromatic rings. The van der Waals surface area contributed by atoms with Crippen molar-refractivity contribution < 1.29 is 28.5 Å². The van der Waals surface area contributed by atoms with Crippen LogP contribution >= 0.6 is 11.3 Å². The maximum atomic E-state index is 14.3. The van der Waals surface area contributed by atoms with Gasteiger partial charge in [0.2, 0.25) is 0 Å². The molecule has 3 aromatic heterocycles. The van der Waals surface area contributed by atoms with Crippen LogP contribution in [0.5, 0.6) is 5.75 Å². The first-order valence-electron chi connectivity index (χ1n) is 11.9. The molecule has 1 N–H and O–H groups in total. The SMILES string of the molecule is COCCO[C@@H](Cn1c(=O)n(C(C)(C)C(=O)O)c(=O)c2c(C)c(-n3nccn3)sc21)c1cc(F)ccc1OC. The van der Waals surface area contributed by atoms with Gasteiger partial charge in [-0.3, -0.25) is 9.36 Å². The molecule has 0 aliphatic heterocycles. The number of carboxylic acid groups (broad SMARTS) is 1. The van der Waals surface area contributed by atoms with E-state index in [-0.39, 0.29) is 30.0 Å². The monoisotopic (exact) mass is 561 g/mol. The lowest BCUT2D eigenvalue weighted by atomic mass is 10.1. The quantitative estimate of drug-likeness (QED) is 0.274. The summed E-state index contributed by atoms with van der Waals surface area (Å²) >= 11 is 1.10. The Morgan fingerprint density at radius 2 is 1.87 bits per heavy atom. The van der Waals surface area contributed by atoms with Crippen molar-refractivity contribution in [1.29, 1.82) is 0 Å². The Bertz CT molecular complexity index is 1620. The summed E-state index contributed by atoms with van der Waals surface area (Å²) < 4.78 is 32.9. The van der Waals surface area contributed by atoms with E-state index in [2.05, 4.69) is 10.2 Å². The fraction of sp³-hybridized carbons (Fsp3) is 0.400. The van der Waals surface area contributed by atoms with E-state index in [0.29, 0.717) is 26.4 Å². The van der Waals surface area contributed by atoms with E-state index in [9.17, 15) is 23.9 Å². The highest BCUT2D eigenvalue weighted by atomic mass is 32.1. The number of halogens is 1. The zero-order chi connectivity index (χ0) is 28.5. The Hall–Kier alpha value is -3.88. The number of hydrogen-bond acceptors (Lipinski definition) is 9. The Kier molecular flexibility index (Phi) is 7.99. The van der Waals surface area contributed by atoms with Crippen LogP contribution in [0.1, 0.15) is 31.1 Å². The predicted octanol–water partition coefficient (Wildman–Crippen LogP) is 2.49. The lowest BCUT2D eigenvalue weighted by Crippen LogP contribution is -2.52. The molecule has 0 aliphatic rings. The second-order valence-corrected chi connectivity index (χ2v) is 10.1. The molecule has 0 aliphatic carbocycles. The minimum absolute atomic E-state index is 0.102. The molecule has 14 heteroatoms. The normalized spacial score (nSPS) is 12.7. The van der Waals surface area contributed by atoms with Crippen molar-refractivity contribution in [3.8, 4) is 10.8 Å². The first-order valence-corrected chi connectivity index (χ1v) is 12.7. The molecule has 0 amide bonds. The highest BCUT2D eigenvalue weighted by molar-refractivity contribution is 7.21. The number of carboxylic acids is 1. The topological polar surface area (TPSA) is 140 Å². The van der Waals surface area contributed by atoms with Gasteiger partial charge in [0.1, 0.15) is 33.0 Å². The van der Waals surface area contributed by atoms with Crippen LogP contribution in [0.4, 0.5) is 4.39 Å². The first-order chi connectivity index (χ1) is 18.5. The zero-order valence-corrected chi connectivity index (χ0v) is 22.8. The number of benzene rings is 1. The van der Waals surface area contributed by atoms with Crippen LogP contribution in [-0.4, -0.2) is 62.6 Å². The minimum atomic E-state index is -1.88. The van der Waals surface area contributed by atoms with Crippen molar-refractivity contribution >= 4 is 27.5 Å². The van der Waals surface area contributed by atoms with Gasteiger partial charge in [-0.2, -0.15) is 10.2 Å². The molecule has 0 saturated carbocycles. The van der Waals surface area contributed by atoms with E-state index in [1.807, 2.05) is 0 Å². The number of aryl methyl sites for hydroxylation is 1. The number of aromatic nitrogens is 5. The van der Waals surface area contributed by atoms with Crippen LogP contribution in [0.2, 0.25) is 0 Å². The van der Waals surface area contributed by atoms with Crippen molar-refractivity contribution in [2.24, 2.45) is 0 Å². The molecule has 1 atom stereocenters. The van der Waals surface area contributed by atoms with Gasteiger partial charge in [0.25, 0.3) is 5.56 Å². The molecule has 0 fully saturated rings. The number of aliphatic carboxylic acids is 1. The van der Waals surface area contributed by atoms with E-state index >= 15 is 0 Å². The Balaban J connectivity index is 2.03. The van der Waals surface area contributed by atoms with Gasteiger partial charge in [0.05, 0.1) is 44.6 Å². The summed E-state index contributed by atoms with van der Waals surface area (Å²) in [5, 5.41) is 18.8. The summed E-state index contributed by atoms with van der Waals surface area (Å²) in [7, 11) is 2.92. The van der Waals surface area contributed by atoms with E-state index < -0.39 is 34.7 Å². The number of hydrogen-bond donors (Lipinski definition) is 1. The average molecular weight is 562 g/mol. The third-order valence-corrected chi connectivity index (χ3v) is 7.64. The molecular formula is C25H28FN5O7S. The van der Waals surface area contributed by atoms with Gasteiger partial charge in [-0.1, -0.05) is 11.3 Å². The Labute approximate surface area is 225 Å². The van der Waals surface area contributed by atoms with Crippen molar-refractivity contribution in [3.63, 3.8) is 0 Å². The lowest BCUT2D eigenvalue weighted by molar-refractivity contribution is -0.146. The number of fused-ring (bicyclic) bond motifs is 1. The number of rotatable bonds is 11. The van der Waals surface area contributed by atoms with Gasteiger partial charge in [0.15, 0.2) is 0 Å². The summed E-state index contributed by atoms with van der Waals surface area (Å²) in [6.07, 6.45) is 2.01. The smallest absolute Gasteiger partial charge is 0.333 e. The van der Waals surface area contributed by atoms with Gasteiger partial charge in [-0.15, -0.1) is 4.80 Å². The molecule has 12 nitrogen and oxygen atoms in total. The Morgan fingerprint density at radius 1 is 1.18 bits per heavy atom. The molecule has 0 saturated heterocycles. The summed E-state index contributed by atoms with van der Waals surface area (Å²) in [5.41, 5.74) is -2.71. The fourth-order valence-electron chi connectivity index (χ4n) is 4.23. The highest BCUT2D eigenvalue weighted by Gasteiger charge is 2.36. The summed E-state index contributed by atoms with van der Waals surface area (Å²) in [4.78, 5) is 41.4. The standard InChI is InChI=1S/C25H28FN5O7S/c1-14-19-20(32)30(25(2,3)23(33)34)24(35)29(22(19)39-21(14)31-27-8-9-28-31)13-18(38-11-10-36-4)16-12-15(26)6-7-17(16)37-5/h6-9,12,18H,10-11,13H2,1-5H3,(H,33,34)/t18-/m0/s1. The summed E-state index contributed by atoms with van der Waals surface area (Å²) in [5.74, 6) is -1.58. The fourth-order valence-corrected chi connectivity index (χ4v) is 5.45. The zero-order valence-electron chi connectivity index (χ0n) is 22.0. The van der Waals surface area contributed by atoms with E-state index in [0.717, 1.165) is 11.3 Å². The van der Waals surface area contributed by atoms with Crippen LogP contribution in [0, 0.1) is 12.7 Å². The van der Waals surface area contributed by atoms with Crippen LogP contribution in [0.15, 0.2) is 40.2 Å². The second kappa shape index (κ2) is 11.1. The van der Waals surface area contributed by atoms with Crippen LogP contribution < -0.4 is 16.0 Å². The molecule has 39 heavy (non-hydrogen) atoms. The molecule has 0 spiro atoms. The van der Waals surface area contributed by atoms with E-state index in [4.69, 9.17) is 14.2 Å². The molecule has 3 heterocycles. The molecule has 0 bridgehead atoms. The molecule has 0 unspecified atom stereocenters. The van der Waals surface area contributed by atoms with E-state index in [1.165, 1.54) is 68.0 Å². The Morgan fingerprint density at radius 3 is 2.49 bits per heavy atom. The van der Waals surface area contributed by atoms with Crippen molar-refractivity contribution in [1.82, 2.24) is 24.1 Å². The number of ether oxygens (including phenoxy) is 3. The summed E-state index contributed by atoms with van der Waals surface area (Å²) in [6.45, 7) is 4.35. The number of carbonyl (C=O) groups is 1. The van der Waals surface area contributed by atoms with Gasteiger partial charge < -0.3 is 19.3 Å². The molecule has 1 aromatic carbocycles. The minimum Gasteiger partial charge on any atom is -0.496 e. The maximum absolute atomic E-state index is 14.3. The van der Waals surface area contributed by atoms with Gasteiger partial charge in [0, 0.05) is 18.2 Å². The first kappa shape index (κ1) is 28.1. The largest absolute Gasteiger partial charge is 0.496 e. The van der Waals surface area contributed by atoms with Crippen molar-refractivity contribution in [2.75, 3.05) is 27.4 Å².